The van der Waals surface area contributed by atoms with Gasteiger partial charge in [-0.25, -0.2) is 14.5 Å². The van der Waals surface area contributed by atoms with E-state index in [0.717, 1.165) is 16.7 Å². The summed E-state index contributed by atoms with van der Waals surface area (Å²) in [4.78, 5) is 29.5. The lowest BCUT2D eigenvalue weighted by Gasteiger charge is -2.10. The third kappa shape index (κ3) is 4.97. The van der Waals surface area contributed by atoms with Crippen LogP contribution in [-0.2, 0) is 4.74 Å². The summed E-state index contributed by atoms with van der Waals surface area (Å²) in [6.45, 7) is 3.40. The van der Waals surface area contributed by atoms with Crippen LogP contribution in [0.5, 0.6) is 0 Å². The summed E-state index contributed by atoms with van der Waals surface area (Å²) in [6, 6.07) is 19.4. The number of esters is 1. The van der Waals surface area contributed by atoms with E-state index >= 15 is 0 Å². The van der Waals surface area contributed by atoms with Gasteiger partial charge in [0.15, 0.2) is 18.2 Å². The van der Waals surface area contributed by atoms with E-state index in [4.69, 9.17) is 27.9 Å². The Morgan fingerprint density at radius 3 is 2.33 bits per heavy atom. The lowest BCUT2D eigenvalue weighted by atomic mass is 10.1. The van der Waals surface area contributed by atoms with Crippen LogP contribution in [0.4, 0.5) is 0 Å². The number of halogens is 2. The number of Topliss-reactive ketones (excluding diaryl/α,β-unsaturated/α-hetero) is 1. The molecule has 1 heterocycles. The highest BCUT2D eigenvalue weighted by atomic mass is 35.5. The Morgan fingerprint density at radius 1 is 0.939 bits per heavy atom. The highest BCUT2D eigenvalue weighted by molar-refractivity contribution is 6.31. The zero-order chi connectivity index (χ0) is 23.5. The standard InChI is InChI=1S/C25H19Cl2N3O3/c1-15-6-8-18(9-7-15)24-28-23(29-30(24)21-5-3-4-20(27)16(21)2)25(32)33-14-22(31)17-10-12-19(26)13-11-17/h3-13H,14H2,1-2H3. The third-order valence-electron chi connectivity index (χ3n) is 5.07. The van der Waals surface area contributed by atoms with Gasteiger partial charge in [-0.2, -0.15) is 0 Å². The molecule has 0 aliphatic heterocycles. The number of hydrogen-bond donors (Lipinski definition) is 0. The molecule has 0 amide bonds. The van der Waals surface area contributed by atoms with Crippen LogP contribution in [0.25, 0.3) is 17.1 Å². The molecule has 0 unspecified atom stereocenters. The van der Waals surface area contributed by atoms with Crippen molar-refractivity contribution in [2.75, 3.05) is 6.61 Å². The maximum Gasteiger partial charge on any atom is 0.378 e. The topological polar surface area (TPSA) is 74.1 Å². The van der Waals surface area contributed by atoms with Gasteiger partial charge in [-0.15, -0.1) is 5.10 Å². The number of rotatable bonds is 6. The van der Waals surface area contributed by atoms with Gasteiger partial charge in [0, 0.05) is 21.2 Å². The SMILES string of the molecule is Cc1ccc(-c2nc(C(=O)OCC(=O)c3ccc(Cl)cc3)nn2-c2cccc(Cl)c2C)cc1. The molecule has 0 aliphatic rings. The Morgan fingerprint density at radius 2 is 1.64 bits per heavy atom. The summed E-state index contributed by atoms with van der Waals surface area (Å²) in [7, 11) is 0. The van der Waals surface area contributed by atoms with Crippen molar-refractivity contribution < 1.29 is 14.3 Å². The van der Waals surface area contributed by atoms with E-state index in [2.05, 4.69) is 10.1 Å². The maximum atomic E-state index is 12.7. The van der Waals surface area contributed by atoms with Crippen molar-refractivity contribution in [3.8, 4) is 17.1 Å². The fraction of sp³-hybridized carbons (Fsp3) is 0.120. The van der Waals surface area contributed by atoms with Crippen LogP contribution in [0.2, 0.25) is 10.0 Å². The minimum atomic E-state index is -0.802. The smallest absolute Gasteiger partial charge is 0.378 e. The second-order valence-electron chi connectivity index (χ2n) is 7.43. The van der Waals surface area contributed by atoms with Crippen molar-refractivity contribution in [3.05, 3.63) is 99.3 Å². The summed E-state index contributed by atoms with van der Waals surface area (Å²) in [6.07, 6.45) is 0. The van der Waals surface area contributed by atoms with Crippen molar-refractivity contribution in [1.82, 2.24) is 14.8 Å². The lowest BCUT2D eigenvalue weighted by Crippen LogP contribution is -2.15. The van der Waals surface area contributed by atoms with Crippen LogP contribution < -0.4 is 0 Å². The quantitative estimate of drug-likeness (QED) is 0.254. The molecule has 166 valence electrons. The number of hydrogen-bond acceptors (Lipinski definition) is 5. The van der Waals surface area contributed by atoms with Crippen molar-refractivity contribution in [2.24, 2.45) is 0 Å². The van der Waals surface area contributed by atoms with Crippen molar-refractivity contribution in [2.45, 2.75) is 13.8 Å². The van der Waals surface area contributed by atoms with Gasteiger partial charge < -0.3 is 4.74 Å². The predicted octanol–water partition coefficient (Wildman–Crippen LogP) is 5.90. The van der Waals surface area contributed by atoms with Crippen molar-refractivity contribution in [3.63, 3.8) is 0 Å². The molecule has 1 aromatic heterocycles. The molecule has 0 radical (unpaired) electrons. The Balaban J connectivity index is 1.65. The van der Waals surface area contributed by atoms with Crippen LogP contribution in [0.15, 0.2) is 66.7 Å². The molecule has 0 N–H and O–H groups in total. The number of aryl methyl sites for hydroxylation is 1. The Kier molecular flexibility index (Phi) is 6.58. The Bertz CT molecular complexity index is 1330. The summed E-state index contributed by atoms with van der Waals surface area (Å²) < 4.78 is 6.76. The fourth-order valence-corrected chi connectivity index (χ4v) is 3.49. The zero-order valence-electron chi connectivity index (χ0n) is 17.9. The molecule has 0 bridgehead atoms. The van der Waals surface area contributed by atoms with Gasteiger partial charge in [-0.1, -0.05) is 59.1 Å². The highest BCUT2D eigenvalue weighted by Gasteiger charge is 2.22. The van der Waals surface area contributed by atoms with E-state index in [0.29, 0.717) is 27.1 Å². The lowest BCUT2D eigenvalue weighted by molar-refractivity contribution is 0.0462. The van der Waals surface area contributed by atoms with Gasteiger partial charge >= 0.3 is 5.97 Å². The molecule has 6 nitrogen and oxygen atoms in total. The average molecular weight is 480 g/mol. The van der Waals surface area contributed by atoms with E-state index in [-0.39, 0.29) is 11.6 Å². The molecule has 0 fully saturated rings. The first-order chi connectivity index (χ1) is 15.8. The minimum absolute atomic E-state index is 0.158. The molecule has 33 heavy (non-hydrogen) atoms. The van der Waals surface area contributed by atoms with Gasteiger partial charge in [-0.3, -0.25) is 4.79 Å². The first-order valence-corrected chi connectivity index (χ1v) is 10.8. The molecule has 4 rings (SSSR count). The number of benzene rings is 3. The number of ether oxygens (including phenoxy) is 1. The molecule has 0 spiro atoms. The summed E-state index contributed by atoms with van der Waals surface area (Å²) in [5.41, 5.74) is 3.71. The summed E-state index contributed by atoms with van der Waals surface area (Å²) in [5.74, 6) is -0.863. The van der Waals surface area contributed by atoms with E-state index < -0.39 is 12.6 Å². The van der Waals surface area contributed by atoms with Gasteiger partial charge in [0.2, 0.25) is 0 Å². The Labute approximate surface area is 200 Å². The second kappa shape index (κ2) is 9.57. The van der Waals surface area contributed by atoms with E-state index in [1.54, 1.807) is 41.1 Å². The molecule has 0 aliphatic carbocycles. The first kappa shape index (κ1) is 22.7. The first-order valence-electron chi connectivity index (χ1n) is 10.1. The summed E-state index contributed by atoms with van der Waals surface area (Å²) >= 11 is 12.2. The predicted molar refractivity (Wildman–Crippen MR) is 127 cm³/mol. The monoisotopic (exact) mass is 479 g/mol. The largest absolute Gasteiger partial charge is 0.451 e. The third-order valence-corrected chi connectivity index (χ3v) is 5.73. The number of carbonyl (C=O) groups is 2. The summed E-state index contributed by atoms with van der Waals surface area (Å²) in [5, 5.41) is 5.46. The molecule has 0 atom stereocenters. The fourth-order valence-electron chi connectivity index (χ4n) is 3.20. The van der Waals surface area contributed by atoms with E-state index in [1.165, 1.54) is 0 Å². The van der Waals surface area contributed by atoms with E-state index in [1.807, 2.05) is 44.2 Å². The average Bonchev–Trinajstić information content (AvgIpc) is 3.25. The van der Waals surface area contributed by atoms with Crippen LogP contribution in [0, 0.1) is 13.8 Å². The highest BCUT2D eigenvalue weighted by Crippen LogP contribution is 2.27. The minimum Gasteiger partial charge on any atom is -0.451 e. The van der Waals surface area contributed by atoms with Crippen LogP contribution in [-0.4, -0.2) is 33.1 Å². The molecular weight excluding hydrogens is 461 g/mol. The van der Waals surface area contributed by atoms with Crippen LogP contribution in [0.1, 0.15) is 32.1 Å². The molecular formula is C25H19Cl2N3O3. The number of ketones is 1. The second-order valence-corrected chi connectivity index (χ2v) is 8.27. The van der Waals surface area contributed by atoms with Gasteiger partial charge in [0.1, 0.15) is 0 Å². The molecule has 0 saturated carbocycles. The molecule has 3 aromatic carbocycles. The van der Waals surface area contributed by atoms with Gasteiger partial charge in [0.25, 0.3) is 5.82 Å². The van der Waals surface area contributed by atoms with Gasteiger partial charge in [0.05, 0.1) is 5.69 Å². The maximum absolute atomic E-state index is 12.7. The van der Waals surface area contributed by atoms with Crippen molar-refractivity contribution >= 4 is 35.0 Å². The molecule has 8 heteroatoms. The normalized spacial score (nSPS) is 10.8. The van der Waals surface area contributed by atoms with Crippen molar-refractivity contribution in [1.29, 1.82) is 0 Å². The van der Waals surface area contributed by atoms with Crippen LogP contribution >= 0.6 is 23.2 Å². The van der Waals surface area contributed by atoms with Gasteiger partial charge in [-0.05, 0) is 55.8 Å². The number of nitrogens with zero attached hydrogens (tertiary/aromatic N) is 3. The number of carbonyl (C=O) groups excluding carboxylic acids is 2. The Hall–Kier alpha value is -3.48. The zero-order valence-corrected chi connectivity index (χ0v) is 19.4. The number of aromatic nitrogens is 3. The van der Waals surface area contributed by atoms with Crippen LogP contribution in [0.3, 0.4) is 0 Å². The van der Waals surface area contributed by atoms with E-state index in [9.17, 15) is 9.59 Å². The molecule has 0 saturated heterocycles. The molecule has 4 aromatic rings.